The lowest BCUT2D eigenvalue weighted by Gasteiger charge is -2.03. The van der Waals surface area contributed by atoms with Crippen molar-refractivity contribution in [3.8, 4) is 0 Å². The number of hydrogen-bond acceptors (Lipinski definition) is 4. The van der Waals surface area contributed by atoms with E-state index in [0.29, 0.717) is 6.42 Å². The average Bonchev–Trinajstić information content (AvgIpc) is 2.12. The summed E-state index contributed by atoms with van der Waals surface area (Å²) in [4.78, 5) is 21.0. The molecule has 0 saturated heterocycles. The number of rotatable bonds is 7. The SMILES string of the molecule is CCCCCCC(=O)OCOC(=O)Cl. The topological polar surface area (TPSA) is 52.6 Å². The van der Waals surface area contributed by atoms with Crippen molar-refractivity contribution >= 4 is 23.0 Å². The number of halogens is 1. The maximum Gasteiger partial charge on any atom is 0.406 e. The highest BCUT2D eigenvalue weighted by Gasteiger charge is 2.03. The summed E-state index contributed by atoms with van der Waals surface area (Å²) in [5.74, 6) is -0.362. The Morgan fingerprint density at radius 2 is 1.86 bits per heavy atom. The summed E-state index contributed by atoms with van der Waals surface area (Å²) in [5, 5.41) is 0. The molecule has 0 unspecified atom stereocenters. The molecule has 0 aliphatic carbocycles. The van der Waals surface area contributed by atoms with Crippen LogP contribution >= 0.6 is 11.6 Å². The van der Waals surface area contributed by atoms with Gasteiger partial charge < -0.3 is 9.47 Å². The molecular weight excluding hydrogens is 208 g/mol. The van der Waals surface area contributed by atoms with Gasteiger partial charge in [-0.1, -0.05) is 26.2 Å². The molecule has 0 aliphatic rings. The summed E-state index contributed by atoms with van der Waals surface area (Å²) in [7, 11) is 0. The second-order valence-corrected chi connectivity index (χ2v) is 3.14. The van der Waals surface area contributed by atoms with Crippen LogP contribution in [0.15, 0.2) is 0 Å². The van der Waals surface area contributed by atoms with E-state index in [2.05, 4.69) is 16.4 Å². The molecular formula is C9H15ClO4. The predicted octanol–water partition coefficient (Wildman–Crippen LogP) is 2.83. The van der Waals surface area contributed by atoms with Crippen molar-refractivity contribution in [2.24, 2.45) is 0 Å². The van der Waals surface area contributed by atoms with Gasteiger partial charge in [-0.3, -0.25) is 4.79 Å². The van der Waals surface area contributed by atoms with Gasteiger partial charge in [0.05, 0.1) is 0 Å². The molecule has 0 fully saturated rings. The first-order valence-corrected chi connectivity index (χ1v) is 5.02. The molecule has 14 heavy (non-hydrogen) atoms. The largest absolute Gasteiger partial charge is 0.428 e. The van der Waals surface area contributed by atoms with Crippen LogP contribution in [0.2, 0.25) is 0 Å². The lowest BCUT2D eigenvalue weighted by Crippen LogP contribution is -2.09. The highest BCUT2D eigenvalue weighted by atomic mass is 35.5. The number of carbonyl (C=O) groups is 2. The predicted molar refractivity (Wildman–Crippen MR) is 52.1 cm³/mol. The van der Waals surface area contributed by atoms with Crippen LogP contribution < -0.4 is 0 Å². The summed E-state index contributed by atoms with van der Waals surface area (Å²) < 4.78 is 8.79. The Morgan fingerprint density at radius 1 is 1.14 bits per heavy atom. The molecule has 0 N–H and O–H groups in total. The van der Waals surface area contributed by atoms with Crippen molar-refractivity contribution in [2.45, 2.75) is 39.0 Å². The highest BCUT2D eigenvalue weighted by Crippen LogP contribution is 2.03. The lowest BCUT2D eigenvalue weighted by molar-refractivity contribution is -0.151. The summed E-state index contributed by atoms with van der Waals surface area (Å²) in [6.45, 7) is 1.70. The van der Waals surface area contributed by atoms with Crippen molar-refractivity contribution < 1.29 is 19.1 Å². The molecule has 0 heterocycles. The quantitative estimate of drug-likeness (QED) is 0.288. The van der Waals surface area contributed by atoms with E-state index in [1.54, 1.807) is 0 Å². The van der Waals surface area contributed by atoms with Gasteiger partial charge in [0, 0.05) is 18.0 Å². The van der Waals surface area contributed by atoms with Gasteiger partial charge in [0.1, 0.15) is 0 Å². The van der Waals surface area contributed by atoms with E-state index in [9.17, 15) is 9.59 Å². The fourth-order valence-electron chi connectivity index (χ4n) is 0.910. The van der Waals surface area contributed by atoms with Crippen molar-refractivity contribution in [1.29, 1.82) is 0 Å². The summed E-state index contributed by atoms with van der Waals surface area (Å²) >= 11 is 4.85. The van der Waals surface area contributed by atoms with Crippen LogP contribution in [0.3, 0.4) is 0 Å². The lowest BCUT2D eigenvalue weighted by atomic mass is 10.2. The molecule has 0 bridgehead atoms. The van der Waals surface area contributed by atoms with Gasteiger partial charge >= 0.3 is 11.4 Å². The van der Waals surface area contributed by atoms with Gasteiger partial charge in [0.2, 0.25) is 6.79 Å². The van der Waals surface area contributed by atoms with Crippen LogP contribution in [-0.4, -0.2) is 18.2 Å². The fourth-order valence-corrected chi connectivity index (χ4v) is 0.954. The Balaban J connectivity index is 3.24. The van der Waals surface area contributed by atoms with Gasteiger partial charge in [-0.25, -0.2) is 4.79 Å². The fraction of sp³-hybridized carbons (Fsp3) is 0.778. The molecule has 0 spiro atoms. The van der Waals surface area contributed by atoms with E-state index < -0.39 is 12.2 Å². The van der Waals surface area contributed by atoms with Gasteiger partial charge in [0.25, 0.3) is 0 Å². The maximum atomic E-state index is 10.9. The summed E-state index contributed by atoms with van der Waals surface area (Å²) in [5.41, 5.74) is -0.969. The van der Waals surface area contributed by atoms with Gasteiger partial charge in [-0.2, -0.15) is 0 Å². The first kappa shape index (κ1) is 13.2. The van der Waals surface area contributed by atoms with Crippen LogP contribution in [0.25, 0.3) is 0 Å². The first-order chi connectivity index (χ1) is 6.66. The van der Waals surface area contributed by atoms with Crippen molar-refractivity contribution in [3.05, 3.63) is 0 Å². The Morgan fingerprint density at radius 3 is 2.43 bits per heavy atom. The molecule has 0 aromatic rings. The van der Waals surface area contributed by atoms with Crippen LogP contribution in [0.5, 0.6) is 0 Å². The standard InChI is InChI=1S/C9H15ClO4/c1-2-3-4-5-6-8(11)13-7-14-9(10)12/h2-7H2,1H3. The number of unbranched alkanes of at least 4 members (excludes halogenated alkanes) is 3. The van der Waals surface area contributed by atoms with Crippen LogP contribution in [-0.2, 0) is 14.3 Å². The molecule has 0 saturated carbocycles. The first-order valence-electron chi connectivity index (χ1n) is 4.64. The molecule has 0 aliphatic heterocycles. The highest BCUT2D eigenvalue weighted by molar-refractivity contribution is 6.61. The third-order valence-electron chi connectivity index (χ3n) is 1.63. The van der Waals surface area contributed by atoms with E-state index in [0.717, 1.165) is 25.7 Å². The third kappa shape index (κ3) is 9.32. The molecule has 5 heteroatoms. The third-order valence-corrected chi connectivity index (χ3v) is 1.74. The molecule has 0 amide bonds. The molecule has 0 rings (SSSR count). The minimum atomic E-state index is -0.969. The zero-order valence-corrected chi connectivity index (χ0v) is 9.01. The number of carbonyl (C=O) groups excluding carboxylic acids is 2. The van der Waals surface area contributed by atoms with E-state index in [4.69, 9.17) is 11.6 Å². The van der Waals surface area contributed by atoms with Crippen molar-refractivity contribution in [3.63, 3.8) is 0 Å². The maximum absolute atomic E-state index is 10.9. The van der Waals surface area contributed by atoms with E-state index >= 15 is 0 Å². The Labute approximate surface area is 88.5 Å². The van der Waals surface area contributed by atoms with Crippen LogP contribution in [0.1, 0.15) is 39.0 Å². The van der Waals surface area contributed by atoms with Gasteiger partial charge in [0.15, 0.2) is 0 Å². The Bertz CT molecular complexity index is 182. The zero-order valence-electron chi connectivity index (χ0n) is 8.25. The molecule has 0 aromatic carbocycles. The van der Waals surface area contributed by atoms with Crippen molar-refractivity contribution in [1.82, 2.24) is 0 Å². The Kier molecular flexibility index (Phi) is 8.33. The second-order valence-electron chi connectivity index (χ2n) is 2.83. The van der Waals surface area contributed by atoms with E-state index in [1.807, 2.05) is 0 Å². The molecule has 0 radical (unpaired) electrons. The van der Waals surface area contributed by atoms with E-state index in [1.165, 1.54) is 0 Å². The van der Waals surface area contributed by atoms with Gasteiger partial charge in [-0.05, 0) is 6.42 Å². The van der Waals surface area contributed by atoms with E-state index in [-0.39, 0.29) is 5.97 Å². The number of hydrogen-bond donors (Lipinski definition) is 0. The van der Waals surface area contributed by atoms with Crippen molar-refractivity contribution in [2.75, 3.05) is 6.79 Å². The zero-order chi connectivity index (χ0) is 10.8. The normalized spacial score (nSPS) is 9.57. The Hall–Kier alpha value is -0.770. The molecule has 0 atom stereocenters. The molecule has 4 nitrogen and oxygen atoms in total. The minimum absolute atomic E-state index is 0.361. The second kappa shape index (κ2) is 8.81. The monoisotopic (exact) mass is 222 g/mol. The number of ether oxygens (including phenoxy) is 2. The summed E-state index contributed by atoms with van der Waals surface area (Å²) in [6.07, 6.45) is 4.42. The van der Waals surface area contributed by atoms with Crippen LogP contribution in [0, 0.1) is 0 Å². The minimum Gasteiger partial charge on any atom is -0.428 e. The molecule has 0 aromatic heterocycles. The average molecular weight is 223 g/mol. The summed E-state index contributed by atoms with van der Waals surface area (Å²) in [6, 6.07) is 0. The number of esters is 1. The smallest absolute Gasteiger partial charge is 0.406 e. The van der Waals surface area contributed by atoms with Gasteiger partial charge in [-0.15, -0.1) is 0 Å². The molecule has 82 valence electrons. The van der Waals surface area contributed by atoms with Crippen LogP contribution in [0.4, 0.5) is 4.79 Å².